The van der Waals surface area contributed by atoms with E-state index in [9.17, 15) is 8.42 Å². The van der Waals surface area contributed by atoms with Crippen LogP contribution >= 0.6 is 0 Å². The summed E-state index contributed by atoms with van der Waals surface area (Å²) in [7, 11) is -3.79. The molecule has 1 saturated heterocycles. The highest BCUT2D eigenvalue weighted by Gasteiger charge is 2.19. The van der Waals surface area contributed by atoms with Gasteiger partial charge in [-0.25, -0.2) is 13.6 Å². The quantitative estimate of drug-likeness (QED) is 0.698. The van der Waals surface area contributed by atoms with Crippen molar-refractivity contribution in [3.63, 3.8) is 0 Å². The number of benzene rings is 1. The molecule has 2 rings (SSSR count). The van der Waals surface area contributed by atoms with Gasteiger partial charge in [-0.05, 0) is 45.0 Å². The lowest BCUT2D eigenvalue weighted by Crippen LogP contribution is -2.35. The van der Waals surface area contributed by atoms with Gasteiger partial charge in [0.05, 0.1) is 11.4 Å². The molecule has 0 spiro atoms. The zero-order valence-electron chi connectivity index (χ0n) is 11.7. The fraction of sp³-hybridized carbons (Fsp3) is 0.538. The number of nitrogens with zero attached hydrogens (tertiary/aromatic N) is 1. The molecule has 7 heteroatoms. The van der Waals surface area contributed by atoms with Crippen LogP contribution in [0.4, 0.5) is 11.4 Å². The minimum atomic E-state index is -3.79. The highest BCUT2D eigenvalue weighted by Crippen LogP contribution is 2.25. The van der Waals surface area contributed by atoms with Gasteiger partial charge < -0.3 is 11.1 Å². The fourth-order valence-electron chi connectivity index (χ4n) is 2.52. The topological polar surface area (TPSA) is 101 Å². The van der Waals surface area contributed by atoms with Crippen LogP contribution in [0.1, 0.15) is 19.8 Å². The number of para-hydroxylation sites is 1. The molecule has 0 amide bonds. The maximum atomic E-state index is 11.4. The minimum Gasteiger partial charge on any atom is -0.396 e. The monoisotopic (exact) mass is 298 g/mol. The highest BCUT2D eigenvalue weighted by molar-refractivity contribution is 7.89. The van der Waals surface area contributed by atoms with E-state index < -0.39 is 10.0 Å². The summed E-state index contributed by atoms with van der Waals surface area (Å²) in [5.41, 5.74) is 6.67. The first-order valence-electron chi connectivity index (χ1n) is 6.79. The molecule has 6 nitrogen and oxygen atoms in total. The first-order valence-corrected chi connectivity index (χ1v) is 8.33. The van der Waals surface area contributed by atoms with Crippen molar-refractivity contribution in [2.75, 3.05) is 30.7 Å². The van der Waals surface area contributed by atoms with Crippen LogP contribution < -0.4 is 16.2 Å². The normalized spacial score (nSPS) is 18.1. The third-order valence-corrected chi connectivity index (χ3v) is 4.69. The molecule has 1 unspecified atom stereocenters. The maximum absolute atomic E-state index is 11.4. The van der Waals surface area contributed by atoms with Crippen molar-refractivity contribution in [3.05, 3.63) is 18.2 Å². The molecule has 0 aromatic heterocycles. The largest absolute Gasteiger partial charge is 0.396 e. The van der Waals surface area contributed by atoms with Crippen molar-refractivity contribution in [1.29, 1.82) is 0 Å². The number of rotatable bonds is 5. The second-order valence-electron chi connectivity index (χ2n) is 5.24. The second kappa shape index (κ2) is 5.99. The molecule has 20 heavy (non-hydrogen) atoms. The predicted molar refractivity (Wildman–Crippen MR) is 81.0 cm³/mol. The van der Waals surface area contributed by atoms with Crippen molar-refractivity contribution in [3.8, 4) is 0 Å². The average molecular weight is 298 g/mol. The van der Waals surface area contributed by atoms with E-state index in [1.165, 1.54) is 18.9 Å². The molecule has 1 aromatic carbocycles. The Kier molecular flexibility index (Phi) is 4.52. The van der Waals surface area contributed by atoms with Gasteiger partial charge in [-0.3, -0.25) is 4.90 Å². The number of primary sulfonamides is 1. The molecule has 1 fully saturated rings. The molecule has 5 N–H and O–H groups in total. The van der Waals surface area contributed by atoms with Crippen LogP contribution in [0, 0.1) is 0 Å². The molecule has 1 atom stereocenters. The van der Waals surface area contributed by atoms with Gasteiger partial charge in [-0.2, -0.15) is 0 Å². The van der Waals surface area contributed by atoms with Crippen molar-refractivity contribution < 1.29 is 8.42 Å². The second-order valence-corrected chi connectivity index (χ2v) is 6.77. The summed E-state index contributed by atoms with van der Waals surface area (Å²) >= 11 is 0. The molecule has 0 radical (unpaired) electrons. The maximum Gasteiger partial charge on any atom is 0.240 e. The Balaban J connectivity index is 2.06. The SMILES string of the molecule is CC(CNc1cccc(S(N)(=O)=O)c1N)N1CCCC1. The Morgan fingerprint density at radius 2 is 2.00 bits per heavy atom. The summed E-state index contributed by atoms with van der Waals surface area (Å²) in [6.45, 7) is 5.11. The summed E-state index contributed by atoms with van der Waals surface area (Å²) in [4.78, 5) is 2.38. The Labute approximate surface area is 120 Å². The summed E-state index contributed by atoms with van der Waals surface area (Å²) in [5, 5.41) is 8.35. The van der Waals surface area contributed by atoms with E-state index in [1.807, 2.05) is 0 Å². The van der Waals surface area contributed by atoms with Crippen LogP contribution in [-0.2, 0) is 10.0 Å². The van der Waals surface area contributed by atoms with Gasteiger partial charge >= 0.3 is 0 Å². The Bertz CT molecular complexity index is 568. The predicted octanol–water partition coefficient (Wildman–Crippen LogP) is 0.812. The average Bonchev–Trinajstić information content (AvgIpc) is 2.89. The third kappa shape index (κ3) is 3.41. The molecule has 1 aromatic rings. The first kappa shape index (κ1) is 15.1. The van der Waals surface area contributed by atoms with Crippen LogP contribution in [-0.4, -0.2) is 39.0 Å². The molecule has 112 valence electrons. The molecule has 0 aliphatic carbocycles. The van der Waals surface area contributed by atoms with Crippen molar-refractivity contribution in [2.24, 2.45) is 5.14 Å². The van der Waals surface area contributed by atoms with Gasteiger partial charge in [0.1, 0.15) is 4.90 Å². The first-order chi connectivity index (χ1) is 9.39. The van der Waals surface area contributed by atoms with Crippen LogP contribution in [0.3, 0.4) is 0 Å². The number of hydrogen-bond acceptors (Lipinski definition) is 5. The van der Waals surface area contributed by atoms with E-state index >= 15 is 0 Å². The molecule has 0 saturated carbocycles. The Morgan fingerprint density at radius 3 is 2.60 bits per heavy atom. The summed E-state index contributed by atoms with van der Waals surface area (Å²) < 4.78 is 22.8. The zero-order valence-corrected chi connectivity index (χ0v) is 12.5. The molecule has 1 aliphatic heterocycles. The lowest BCUT2D eigenvalue weighted by Gasteiger charge is -2.24. The lowest BCUT2D eigenvalue weighted by atomic mass is 10.2. The van der Waals surface area contributed by atoms with Crippen molar-refractivity contribution in [1.82, 2.24) is 4.90 Å². The van der Waals surface area contributed by atoms with Crippen LogP contribution in [0.15, 0.2) is 23.1 Å². The molecule has 1 aliphatic rings. The van der Waals surface area contributed by atoms with E-state index in [0.29, 0.717) is 11.7 Å². The van der Waals surface area contributed by atoms with Crippen LogP contribution in [0.5, 0.6) is 0 Å². The van der Waals surface area contributed by atoms with Crippen molar-refractivity contribution in [2.45, 2.75) is 30.7 Å². The minimum absolute atomic E-state index is 0.0312. The van der Waals surface area contributed by atoms with Gasteiger partial charge in [0.25, 0.3) is 0 Å². The van der Waals surface area contributed by atoms with E-state index in [1.54, 1.807) is 12.1 Å². The molecular formula is C13H22N4O2S. The van der Waals surface area contributed by atoms with Gasteiger partial charge in [-0.1, -0.05) is 6.07 Å². The smallest absolute Gasteiger partial charge is 0.240 e. The number of nitrogens with two attached hydrogens (primary N) is 2. The van der Waals surface area contributed by atoms with Gasteiger partial charge in [0.2, 0.25) is 10.0 Å². The molecular weight excluding hydrogens is 276 g/mol. The standard InChI is InChI=1S/C13H22N4O2S/c1-10(17-7-2-3-8-17)9-16-11-5-4-6-12(13(11)14)20(15,18)19/h4-6,10,16H,2-3,7-9,14H2,1H3,(H2,15,18,19). The third-order valence-electron chi connectivity index (χ3n) is 3.72. The van der Waals surface area contributed by atoms with E-state index in [2.05, 4.69) is 17.1 Å². The number of anilines is 2. The number of sulfonamides is 1. The lowest BCUT2D eigenvalue weighted by molar-refractivity contribution is 0.269. The van der Waals surface area contributed by atoms with Gasteiger partial charge in [-0.15, -0.1) is 0 Å². The Hall–Kier alpha value is -1.31. The van der Waals surface area contributed by atoms with Gasteiger partial charge in [0.15, 0.2) is 0 Å². The summed E-state index contributed by atoms with van der Waals surface area (Å²) in [6, 6.07) is 5.20. The van der Waals surface area contributed by atoms with Crippen molar-refractivity contribution >= 4 is 21.4 Å². The molecule has 1 heterocycles. The summed E-state index contributed by atoms with van der Waals surface area (Å²) in [5.74, 6) is 0. The molecule has 0 bridgehead atoms. The van der Waals surface area contributed by atoms with Crippen LogP contribution in [0.2, 0.25) is 0 Å². The number of hydrogen-bond donors (Lipinski definition) is 3. The number of likely N-dealkylation sites (tertiary alicyclic amines) is 1. The number of nitrogens with one attached hydrogen (secondary N) is 1. The summed E-state index contributed by atoms with van der Waals surface area (Å²) in [6.07, 6.45) is 2.49. The fourth-order valence-corrected chi connectivity index (χ4v) is 3.20. The number of nitrogen functional groups attached to an aromatic ring is 1. The zero-order chi connectivity index (χ0) is 14.8. The highest BCUT2D eigenvalue weighted by atomic mass is 32.2. The van der Waals surface area contributed by atoms with E-state index in [4.69, 9.17) is 10.9 Å². The van der Waals surface area contributed by atoms with Gasteiger partial charge in [0, 0.05) is 12.6 Å². The van der Waals surface area contributed by atoms with E-state index in [-0.39, 0.29) is 10.6 Å². The Morgan fingerprint density at radius 1 is 1.35 bits per heavy atom. The van der Waals surface area contributed by atoms with Crippen LogP contribution in [0.25, 0.3) is 0 Å². The van der Waals surface area contributed by atoms with E-state index in [0.717, 1.165) is 19.6 Å².